The Balaban J connectivity index is 1.85. The summed E-state index contributed by atoms with van der Waals surface area (Å²) in [5.74, 6) is -0.0125. The topological polar surface area (TPSA) is 74.1 Å². The van der Waals surface area contributed by atoms with E-state index in [1.807, 2.05) is 11.0 Å². The Labute approximate surface area is 144 Å². The summed E-state index contributed by atoms with van der Waals surface area (Å²) < 4.78 is 38.7. The maximum atomic E-state index is 13.1. The summed E-state index contributed by atoms with van der Waals surface area (Å²) in [6, 6.07) is 10.3. The molecule has 2 aromatic rings. The van der Waals surface area contributed by atoms with E-state index in [9.17, 15) is 12.8 Å². The van der Waals surface area contributed by atoms with Gasteiger partial charge in [-0.3, -0.25) is 0 Å². The first-order valence-electron chi connectivity index (χ1n) is 7.23. The van der Waals surface area contributed by atoms with Crippen LogP contribution in [0.15, 0.2) is 41.3 Å². The first kappa shape index (κ1) is 16.7. The molecule has 3 rings (SSSR count). The van der Waals surface area contributed by atoms with E-state index in [-0.39, 0.29) is 22.2 Å². The zero-order valence-corrected chi connectivity index (χ0v) is 14.1. The molecule has 0 N–H and O–H groups in total. The monoisotopic (exact) mass is 365 g/mol. The van der Waals surface area contributed by atoms with E-state index in [1.165, 1.54) is 6.07 Å². The van der Waals surface area contributed by atoms with Gasteiger partial charge in [-0.15, -0.1) is 0 Å². The number of hydrogen-bond acceptors (Lipinski definition) is 5. The maximum Gasteiger partial charge on any atom is 0.184 e. The third kappa shape index (κ3) is 3.07. The summed E-state index contributed by atoms with van der Waals surface area (Å²) >= 11 is 5.90. The molecule has 0 bridgehead atoms. The van der Waals surface area contributed by atoms with Crippen LogP contribution in [0, 0.1) is 17.1 Å². The molecule has 1 aromatic carbocycles. The van der Waals surface area contributed by atoms with Crippen LogP contribution < -0.4 is 4.90 Å². The van der Waals surface area contributed by atoms with E-state index in [4.69, 9.17) is 16.9 Å². The third-order valence-corrected chi connectivity index (χ3v) is 6.61. The number of sulfone groups is 1. The lowest BCUT2D eigenvalue weighted by Gasteiger charge is -2.18. The van der Waals surface area contributed by atoms with Gasteiger partial charge in [-0.25, -0.2) is 17.8 Å². The number of rotatable bonds is 3. The Morgan fingerprint density at radius 3 is 2.83 bits per heavy atom. The van der Waals surface area contributed by atoms with Crippen molar-refractivity contribution in [2.75, 3.05) is 18.0 Å². The highest BCUT2D eigenvalue weighted by Crippen LogP contribution is 2.31. The number of pyridine rings is 1. The Morgan fingerprint density at radius 2 is 2.12 bits per heavy atom. The van der Waals surface area contributed by atoms with Gasteiger partial charge >= 0.3 is 0 Å². The van der Waals surface area contributed by atoms with E-state index < -0.39 is 20.9 Å². The molecule has 124 valence electrons. The van der Waals surface area contributed by atoms with Crippen molar-refractivity contribution < 1.29 is 12.8 Å². The van der Waals surface area contributed by atoms with Gasteiger partial charge in [-0.1, -0.05) is 17.7 Å². The van der Waals surface area contributed by atoms with Crippen LogP contribution in [-0.4, -0.2) is 31.7 Å². The van der Waals surface area contributed by atoms with Crippen LogP contribution in [0.25, 0.3) is 0 Å². The number of anilines is 1. The van der Waals surface area contributed by atoms with Gasteiger partial charge in [0.25, 0.3) is 0 Å². The summed E-state index contributed by atoms with van der Waals surface area (Å²) in [5, 5.41) is 8.14. The molecule has 1 saturated heterocycles. The van der Waals surface area contributed by atoms with E-state index in [0.717, 1.165) is 12.1 Å². The van der Waals surface area contributed by atoms with Gasteiger partial charge in [-0.2, -0.15) is 5.26 Å². The van der Waals surface area contributed by atoms with Crippen LogP contribution in [-0.2, 0) is 9.84 Å². The molecule has 1 aliphatic rings. The lowest BCUT2D eigenvalue weighted by atomic mass is 10.3. The van der Waals surface area contributed by atoms with Crippen LogP contribution in [0.5, 0.6) is 0 Å². The molecule has 2 heterocycles. The van der Waals surface area contributed by atoms with E-state index in [0.29, 0.717) is 18.8 Å². The summed E-state index contributed by atoms with van der Waals surface area (Å²) in [7, 11) is -3.68. The fraction of sp³-hybridized carbons (Fsp3) is 0.250. The largest absolute Gasteiger partial charge is 0.355 e. The molecular formula is C16H13ClFN3O2S. The van der Waals surface area contributed by atoms with E-state index in [2.05, 4.69) is 4.98 Å². The van der Waals surface area contributed by atoms with Crippen molar-refractivity contribution in [1.82, 2.24) is 4.98 Å². The molecule has 0 aliphatic carbocycles. The number of aromatic nitrogens is 1. The number of nitriles is 1. The average molecular weight is 366 g/mol. The summed E-state index contributed by atoms with van der Waals surface area (Å²) in [6.45, 7) is 0.752. The normalized spacial score (nSPS) is 17.7. The van der Waals surface area contributed by atoms with Gasteiger partial charge in [0.15, 0.2) is 9.84 Å². The van der Waals surface area contributed by atoms with Crippen molar-refractivity contribution in [2.45, 2.75) is 16.6 Å². The molecule has 0 spiro atoms. The molecule has 1 atom stereocenters. The molecule has 0 amide bonds. The van der Waals surface area contributed by atoms with Gasteiger partial charge in [0, 0.05) is 13.1 Å². The first-order valence-corrected chi connectivity index (χ1v) is 9.15. The predicted molar refractivity (Wildman–Crippen MR) is 88.2 cm³/mol. The second-order valence-corrected chi connectivity index (χ2v) is 8.07. The average Bonchev–Trinajstić information content (AvgIpc) is 3.05. The molecule has 1 fully saturated rings. The second kappa shape index (κ2) is 6.38. The van der Waals surface area contributed by atoms with Crippen molar-refractivity contribution in [3.05, 3.63) is 52.9 Å². The van der Waals surface area contributed by atoms with Crippen LogP contribution in [0.4, 0.5) is 10.2 Å². The zero-order valence-electron chi connectivity index (χ0n) is 12.5. The quantitative estimate of drug-likeness (QED) is 0.782. The molecule has 5 nitrogen and oxygen atoms in total. The van der Waals surface area contributed by atoms with Gasteiger partial charge < -0.3 is 4.90 Å². The molecule has 1 aliphatic heterocycles. The molecule has 0 radical (unpaired) electrons. The third-order valence-electron chi connectivity index (χ3n) is 3.96. The number of halogens is 2. The minimum atomic E-state index is -3.68. The smallest absolute Gasteiger partial charge is 0.184 e. The Bertz CT molecular complexity index is 927. The van der Waals surface area contributed by atoms with Crippen molar-refractivity contribution >= 4 is 27.3 Å². The summed E-state index contributed by atoms with van der Waals surface area (Å²) in [5.41, 5.74) is 0.278. The molecule has 1 aromatic heterocycles. The van der Waals surface area contributed by atoms with E-state index in [1.54, 1.807) is 18.2 Å². The molecule has 0 saturated carbocycles. The standard InChI is InChI=1S/C16H13ClFN3O2S/c17-14-8-11(18)4-5-15(14)24(22,23)13-6-7-21(10-13)16-3-1-2-12(9-19)20-16/h1-5,8,13H,6-7,10H2/t13-/m0/s1. The number of hydrogen-bond donors (Lipinski definition) is 0. The fourth-order valence-electron chi connectivity index (χ4n) is 2.74. The highest BCUT2D eigenvalue weighted by Gasteiger charge is 2.36. The van der Waals surface area contributed by atoms with Gasteiger partial charge in [0.05, 0.1) is 15.2 Å². The van der Waals surface area contributed by atoms with Crippen molar-refractivity contribution in [2.24, 2.45) is 0 Å². The Kier molecular flexibility index (Phi) is 4.43. The van der Waals surface area contributed by atoms with Gasteiger partial charge in [0.2, 0.25) is 0 Å². The van der Waals surface area contributed by atoms with Gasteiger partial charge in [0.1, 0.15) is 23.4 Å². The molecule has 24 heavy (non-hydrogen) atoms. The van der Waals surface area contributed by atoms with Crippen molar-refractivity contribution in [3.8, 4) is 6.07 Å². The lowest BCUT2D eigenvalue weighted by molar-refractivity contribution is 0.582. The summed E-state index contributed by atoms with van der Waals surface area (Å²) in [6.07, 6.45) is 0.411. The van der Waals surface area contributed by atoms with Crippen LogP contribution in [0.1, 0.15) is 12.1 Å². The van der Waals surface area contributed by atoms with E-state index >= 15 is 0 Å². The minimum absolute atomic E-state index is 0.0591. The molecular weight excluding hydrogens is 353 g/mol. The SMILES string of the molecule is N#Cc1cccc(N2CC[C@H](S(=O)(=O)c3ccc(F)cc3Cl)C2)n1. The highest BCUT2D eigenvalue weighted by molar-refractivity contribution is 7.92. The van der Waals surface area contributed by atoms with Crippen LogP contribution in [0.2, 0.25) is 5.02 Å². The zero-order chi connectivity index (χ0) is 17.3. The lowest BCUT2D eigenvalue weighted by Crippen LogP contribution is -2.27. The summed E-state index contributed by atoms with van der Waals surface area (Å²) in [4.78, 5) is 5.95. The fourth-order valence-corrected chi connectivity index (χ4v) is 4.97. The maximum absolute atomic E-state index is 13.1. The number of benzene rings is 1. The Morgan fingerprint density at radius 1 is 1.33 bits per heavy atom. The Hall–Kier alpha value is -2.17. The van der Waals surface area contributed by atoms with Crippen LogP contribution in [0.3, 0.4) is 0 Å². The molecule has 8 heteroatoms. The minimum Gasteiger partial charge on any atom is -0.355 e. The second-order valence-electron chi connectivity index (χ2n) is 5.47. The van der Waals surface area contributed by atoms with Crippen molar-refractivity contribution in [3.63, 3.8) is 0 Å². The first-order chi connectivity index (χ1) is 11.4. The molecule has 0 unspecified atom stereocenters. The van der Waals surface area contributed by atoms with Crippen molar-refractivity contribution in [1.29, 1.82) is 5.26 Å². The van der Waals surface area contributed by atoms with Crippen LogP contribution >= 0.6 is 11.6 Å². The van der Waals surface area contributed by atoms with Gasteiger partial charge in [-0.05, 0) is 36.8 Å². The number of nitrogens with zero attached hydrogens (tertiary/aromatic N) is 3. The highest BCUT2D eigenvalue weighted by atomic mass is 35.5. The predicted octanol–water partition coefficient (Wildman–Crippen LogP) is 2.80.